The molecule has 2 aromatic rings. The van der Waals surface area contributed by atoms with E-state index >= 15 is 0 Å². The van der Waals surface area contributed by atoms with Crippen molar-refractivity contribution in [3.8, 4) is 0 Å². The normalized spacial score (nSPS) is 18.4. The Morgan fingerprint density at radius 1 is 1.08 bits per heavy atom. The third-order valence-corrected chi connectivity index (χ3v) is 5.46. The van der Waals surface area contributed by atoms with Gasteiger partial charge in [-0.2, -0.15) is 0 Å². The van der Waals surface area contributed by atoms with Crippen molar-refractivity contribution in [1.29, 1.82) is 0 Å². The van der Waals surface area contributed by atoms with Gasteiger partial charge in [0.2, 0.25) is 5.95 Å². The van der Waals surface area contributed by atoms with E-state index in [1.165, 1.54) is 5.56 Å². The quantitative estimate of drug-likeness (QED) is 0.944. The fraction of sp³-hybridized carbons (Fsp3) is 0.500. The molecule has 4 heteroatoms. The SMILES string of the molecule is O=c1[nH]c(N2CCC(Cc3ccccc3)CC2)nc2c1CCCC2. The third-order valence-electron chi connectivity index (χ3n) is 5.46. The highest BCUT2D eigenvalue weighted by molar-refractivity contribution is 5.35. The van der Waals surface area contributed by atoms with Crippen LogP contribution >= 0.6 is 0 Å². The van der Waals surface area contributed by atoms with E-state index < -0.39 is 0 Å². The van der Waals surface area contributed by atoms with E-state index in [9.17, 15) is 4.79 Å². The molecule has 1 aromatic heterocycles. The van der Waals surface area contributed by atoms with Crippen LogP contribution in [0.25, 0.3) is 0 Å². The number of aromatic amines is 1. The molecule has 24 heavy (non-hydrogen) atoms. The van der Waals surface area contributed by atoms with Crippen LogP contribution in [0.2, 0.25) is 0 Å². The minimum atomic E-state index is 0.0844. The van der Waals surface area contributed by atoms with Crippen LogP contribution in [-0.2, 0) is 19.3 Å². The fourth-order valence-electron chi connectivity index (χ4n) is 4.04. The Morgan fingerprint density at radius 2 is 1.83 bits per heavy atom. The summed E-state index contributed by atoms with van der Waals surface area (Å²) in [4.78, 5) is 22.4. The lowest BCUT2D eigenvalue weighted by Gasteiger charge is -2.33. The Morgan fingerprint density at radius 3 is 2.62 bits per heavy atom. The average Bonchev–Trinajstić information content (AvgIpc) is 2.63. The first-order valence-corrected chi connectivity index (χ1v) is 9.20. The molecule has 4 nitrogen and oxygen atoms in total. The molecule has 1 saturated heterocycles. The van der Waals surface area contributed by atoms with Gasteiger partial charge in [-0.15, -0.1) is 0 Å². The molecule has 0 spiro atoms. The van der Waals surface area contributed by atoms with Crippen molar-refractivity contribution in [2.75, 3.05) is 18.0 Å². The van der Waals surface area contributed by atoms with Gasteiger partial charge in [0.05, 0.1) is 5.69 Å². The predicted octanol–water partition coefficient (Wildman–Crippen LogP) is 3.11. The lowest BCUT2D eigenvalue weighted by atomic mass is 9.90. The van der Waals surface area contributed by atoms with Gasteiger partial charge in [-0.05, 0) is 56.4 Å². The van der Waals surface area contributed by atoms with E-state index in [-0.39, 0.29) is 5.56 Å². The molecule has 2 heterocycles. The van der Waals surface area contributed by atoms with Crippen molar-refractivity contribution in [3.05, 3.63) is 57.5 Å². The number of hydrogen-bond acceptors (Lipinski definition) is 3. The molecule has 0 bridgehead atoms. The second kappa shape index (κ2) is 6.80. The van der Waals surface area contributed by atoms with Crippen LogP contribution in [0.4, 0.5) is 5.95 Å². The molecular formula is C20H25N3O. The van der Waals surface area contributed by atoms with Crippen molar-refractivity contribution in [3.63, 3.8) is 0 Å². The second-order valence-electron chi connectivity index (χ2n) is 7.14. The molecule has 126 valence electrons. The van der Waals surface area contributed by atoms with Gasteiger partial charge in [-0.3, -0.25) is 9.78 Å². The number of rotatable bonds is 3. The van der Waals surface area contributed by atoms with Crippen molar-refractivity contribution in [2.24, 2.45) is 5.92 Å². The summed E-state index contributed by atoms with van der Waals surface area (Å²) in [5, 5.41) is 0. The molecule has 0 unspecified atom stereocenters. The monoisotopic (exact) mass is 323 g/mol. The van der Waals surface area contributed by atoms with Gasteiger partial charge < -0.3 is 4.90 Å². The summed E-state index contributed by atoms with van der Waals surface area (Å²) >= 11 is 0. The Balaban J connectivity index is 1.42. The lowest BCUT2D eigenvalue weighted by molar-refractivity contribution is 0.400. The maximum atomic E-state index is 12.3. The minimum Gasteiger partial charge on any atom is -0.342 e. The summed E-state index contributed by atoms with van der Waals surface area (Å²) in [6.45, 7) is 1.97. The van der Waals surface area contributed by atoms with E-state index in [1.54, 1.807) is 0 Å². The molecular weight excluding hydrogens is 298 g/mol. The van der Waals surface area contributed by atoms with Gasteiger partial charge in [0.15, 0.2) is 0 Å². The predicted molar refractivity (Wildman–Crippen MR) is 96.6 cm³/mol. The molecule has 1 aliphatic carbocycles. The molecule has 1 fully saturated rings. The number of aryl methyl sites for hydroxylation is 1. The maximum absolute atomic E-state index is 12.3. The van der Waals surface area contributed by atoms with Gasteiger partial charge in [0.25, 0.3) is 5.56 Å². The number of H-pyrrole nitrogens is 1. The summed E-state index contributed by atoms with van der Waals surface area (Å²) < 4.78 is 0. The molecule has 1 aliphatic heterocycles. The summed E-state index contributed by atoms with van der Waals surface area (Å²) in [7, 11) is 0. The zero-order valence-electron chi connectivity index (χ0n) is 14.1. The first-order valence-electron chi connectivity index (χ1n) is 9.20. The smallest absolute Gasteiger partial charge is 0.255 e. The van der Waals surface area contributed by atoms with E-state index in [0.717, 1.165) is 81.2 Å². The average molecular weight is 323 g/mol. The standard InChI is InChI=1S/C20H25N3O/c24-19-17-8-4-5-9-18(17)21-20(22-19)23-12-10-16(11-13-23)14-15-6-2-1-3-7-15/h1-3,6-7,16H,4-5,8-14H2,(H,21,22,24). The molecule has 2 aliphatic rings. The van der Waals surface area contributed by atoms with Crippen molar-refractivity contribution < 1.29 is 0 Å². The van der Waals surface area contributed by atoms with E-state index in [0.29, 0.717) is 0 Å². The zero-order chi connectivity index (χ0) is 16.4. The Kier molecular flexibility index (Phi) is 4.37. The van der Waals surface area contributed by atoms with Crippen molar-refractivity contribution in [2.45, 2.75) is 44.9 Å². The van der Waals surface area contributed by atoms with Crippen LogP contribution in [0.5, 0.6) is 0 Å². The van der Waals surface area contributed by atoms with Crippen molar-refractivity contribution in [1.82, 2.24) is 9.97 Å². The molecule has 4 rings (SSSR count). The first kappa shape index (κ1) is 15.4. The number of aromatic nitrogens is 2. The van der Waals surface area contributed by atoms with Gasteiger partial charge in [0, 0.05) is 18.7 Å². The number of fused-ring (bicyclic) bond motifs is 1. The van der Waals surface area contributed by atoms with Crippen LogP contribution in [0, 0.1) is 5.92 Å². The number of nitrogens with zero attached hydrogens (tertiary/aromatic N) is 2. The van der Waals surface area contributed by atoms with E-state index in [4.69, 9.17) is 4.98 Å². The van der Waals surface area contributed by atoms with Crippen molar-refractivity contribution >= 4 is 5.95 Å². The number of anilines is 1. The van der Waals surface area contributed by atoms with Crippen LogP contribution in [0.1, 0.15) is 42.5 Å². The summed E-state index contributed by atoms with van der Waals surface area (Å²) in [6, 6.07) is 10.7. The van der Waals surface area contributed by atoms with Gasteiger partial charge in [0.1, 0.15) is 0 Å². The third kappa shape index (κ3) is 3.23. The maximum Gasteiger partial charge on any atom is 0.255 e. The van der Waals surface area contributed by atoms with E-state index in [2.05, 4.69) is 40.2 Å². The highest BCUT2D eigenvalue weighted by Crippen LogP contribution is 2.25. The lowest BCUT2D eigenvalue weighted by Crippen LogP contribution is -2.37. The van der Waals surface area contributed by atoms with Gasteiger partial charge in [-0.25, -0.2) is 4.98 Å². The Labute approximate surface area is 142 Å². The summed E-state index contributed by atoms with van der Waals surface area (Å²) in [6.07, 6.45) is 7.59. The van der Waals surface area contributed by atoms with Crippen LogP contribution in [-0.4, -0.2) is 23.1 Å². The van der Waals surface area contributed by atoms with Gasteiger partial charge >= 0.3 is 0 Å². The molecule has 0 amide bonds. The molecule has 1 N–H and O–H groups in total. The Bertz CT molecular complexity index is 745. The molecule has 0 saturated carbocycles. The topological polar surface area (TPSA) is 49.0 Å². The second-order valence-corrected chi connectivity index (χ2v) is 7.14. The zero-order valence-corrected chi connectivity index (χ0v) is 14.1. The highest BCUT2D eigenvalue weighted by Gasteiger charge is 2.23. The molecule has 0 atom stereocenters. The Hall–Kier alpha value is -2.10. The van der Waals surface area contributed by atoms with Crippen LogP contribution < -0.4 is 10.5 Å². The number of piperidine rings is 1. The number of benzene rings is 1. The van der Waals surface area contributed by atoms with Crippen LogP contribution in [0.3, 0.4) is 0 Å². The largest absolute Gasteiger partial charge is 0.342 e. The summed E-state index contributed by atoms with van der Waals surface area (Å²) in [5.41, 5.74) is 3.47. The number of hydrogen-bond donors (Lipinski definition) is 1. The molecule has 0 radical (unpaired) electrons. The first-order chi connectivity index (χ1) is 11.8. The van der Waals surface area contributed by atoms with Crippen LogP contribution in [0.15, 0.2) is 35.1 Å². The molecule has 1 aromatic carbocycles. The highest BCUT2D eigenvalue weighted by atomic mass is 16.1. The minimum absolute atomic E-state index is 0.0844. The van der Waals surface area contributed by atoms with Gasteiger partial charge in [-0.1, -0.05) is 30.3 Å². The summed E-state index contributed by atoms with van der Waals surface area (Å²) in [5.74, 6) is 1.52. The fourth-order valence-corrected chi connectivity index (χ4v) is 4.04. The number of nitrogens with one attached hydrogen (secondary N) is 1. The van der Waals surface area contributed by atoms with E-state index in [1.807, 2.05) is 0 Å².